The van der Waals surface area contributed by atoms with Gasteiger partial charge in [-0.3, -0.25) is 4.79 Å². The summed E-state index contributed by atoms with van der Waals surface area (Å²) in [4.78, 5) is 12.5. The highest BCUT2D eigenvalue weighted by Crippen LogP contribution is 2.17. The van der Waals surface area contributed by atoms with E-state index in [1.807, 2.05) is 37.3 Å². The third-order valence-corrected chi connectivity index (χ3v) is 3.75. The van der Waals surface area contributed by atoms with Crippen LogP contribution >= 0.6 is 0 Å². The van der Waals surface area contributed by atoms with Gasteiger partial charge in [-0.1, -0.05) is 31.2 Å². The summed E-state index contributed by atoms with van der Waals surface area (Å²) in [6.45, 7) is 8.30. The van der Waals surface area contributed by atoms with E-state index in [-0.39, 0.29) is 5.78 Å². The molecule has 0 atom stereocenters. The monoisotopic (exact) mass is 252 g/mol. The van der Waals surface area contributed by atoms with Crippen LogP contribution < -0.4 is 0 Å². The van der Waals surface area contributed by atoms with Crippen LogP contribution in [-0.2, 0) is 6.42 Å². The van der Waals surface area contributed by atoms with E-state index in [4.69, 9.17) is 0 Å². The van der Waals surface area contributed by atoms with Gasteiger partial charge in [-0.05, 0) is 61.6 Å². The van der Waals surface area contributed by atoms with Crippen LogP contribution in [0.15, 0.2) is 36.4 Å². The van der Waals surface area contributed by atoms with Crippen LogP contribution in [-0.4, -0.2) is 5.78 Å². The quantitative estimate of drug-likeness (QED) is 0.740. The van der Waals surface area contributed by atoms with Gasteiger partial charge in [-0.2, -0.15) is 0 Å². The Morgan fingerprint density at radius 2 is 1.42 bits per heavy atom. The Labute approximate surface area is 115 Å². The second-order valence-electron chi connectivity index (χ2n) is 5.12. The Balaban J connectivity index is 2.38. The maximum Gasteiger partial charge on any atom is 0.193 e. The fraction of sp³-hybridized carbons (Fsp3) is 0.278. The number of rotatable bonds is 3. The fourth-order valence-corrected chi connectivity index (χ4v) is 2.28. The lowest BCUT2D eigenvalue weighted by Crippen LogP contribution is -2.03. The molecule has 0 radical (unpaired) electrons. The van der Waals surface area contributed by atoms with Gasteiger partial charge in [0.15, 0.2) is 5.78 Å². The van der Waals surface area contributed by atoms with Crippen LogP contribution in [0.5, 0.6) is 0 Å². The smallest absolute Gasteiger partial charge is 0.193 e. The topological polar surface area (TPSA) is 17.1 Å². The zero-order valence-corrected chi connectivity index (χ0v) is 12.1. The lowest BCUT2D eigenvalue weighted by Gasteiger charge is -2.08. The molecule has 0 aromatic heterocycles. The normalized spacial score (nSPS) is 10.5. The first-order chi connectivity index (χ1) is 9.02. The SMILES string of the molecule is CCc1ccc(C(=O)c2ccc(C)c(C)c2)cc1C. The third kappa shape index (κ3) is 2.76. The molecule has 0 heterocycles. The number of carbonyl (C=O) groups is 1. The van der Waals surface area contributed by atoms with Crippen molar-refractivity contribution in [2.75, 3.05) is 0 Å². The second kappa shape index (κ2) is 5.40. The summed E-state index contributed by atoms with van der Waals surface area (Å²) in [7, 11) is 0. The van der Waals surface area contributed by atoms with E-state index < -0.39 is 0 Å². The second-order valence-corrected chi connectivity index (χ2v) is 5.12. The minimum Gasteiger partial charge on any atom is -0.289 e. The van der Waals surface area contributed by atoms with Crippen LogP contribution in [0.2, 0.25) is 0 Å². The Morgan fingerprint density at radius 3 is 1.95 bits per heavy atom. The summed E-state index contributed by atoms with van der Waals surface area (Å²) in [6.07, 6.45) is 1.00. The first-order valence-electron chi connectivity index (χ1n) is 6.74. The van der Waals surface area contributed by atoms with E-state index in [1.54, 1.807) is 0 Å². The molecular weight excluding hydrogens is 232 g/mol. The van der Waals surface area contributed by atoms with Crippen molar-refractivity contribution in [2.24, 2.45) is 0 Å². The van der Waals surface area contributed by atoms with Crippen molar-refractivity contribution in [1.82, 2.24) is 0 Å². The average Bonchev–Trinajstić information content (AvgIpc) is 2.41. The number of carbonyl (C=O) groups excluding carboxylic acids is 1. The van der Waals surface area contributed by atoms with Crippen LogP contribution in [0.4, 0.5) is 0 Å². The average molecular weight is 252 g/mol. The molecule has 0 saturated carbocycles. The van der Waals surface area contributed by atoms with Crippen LogP contribution in [0.1, 0.15) is 45.1 Å². The summed E-state index contributed by atoms with van der Waals surface area (Å²) in [6, 6.07) is 11.9. The summed E-state index contributed by atoms with van der Waals surface area (Å²) >= 11 is 0. The molecule has 0 spiro atoms. The lowest BCUT2D eigenvalue weighted by molar-refractivity contribution is 0.103. The molecule has 2 aromatic carbocycles. The molecule has 0 aliphatic carbocycles. The molecule has 0 aliphatic rings. The largest absolute Gasteiger partial charge is 0.289 e. The van der Waals surface area contributed by atoms with Crippen LogP contribution in [0.3, 0.4) is 0 Å². The zero-order chi connectivity index (χ0) is 14.0. The molecule has 2 rings (SSSR count). The summed E-state index contributed by atoms with van der Waals surface area (Å²) in [5, 5.41) is 0. The van der Waals surface area contributed by atoms with E-state index in [9.17, 15) is 4.79 Å². The summed E-state index contributed by atoms with van der Waals surface area (Å²) < 4.78 is 0. The molecular formula is C18H20O. The van der Waals surface area contributed by atoms with Gasteiger partial charge in [0.1, 0.15) is 0 Å². The van der Waals surface area contributed by atoms with E-state index in [1.165, 1.54) is 16.7 Å². The number of hydrogen-bond donors (Lipinski definition) is 0. The van der Waals surface area contributed by atoms with E-state index in [2.05, 4.69) is 26.8 Å². The first-order valence-corrected chi connectivity index (χ1v) is 6.74. The highest BCUT2D eigenvalue weighted by Gasteiger charge is 2.10. The number of aryl methyl sites for hydroxylation is 4. The van der Waals surface area contributed by atoms with Crippen molar-refractivity contribution in [1.29, 1.82) is 0 Å². The van der Waals surface area contributed by atoms with E-state index >= 15 is 0 Å². The van der Waals surface area contributed by atoms with Gasteiger partial charge in [0, 0.05) is 11.1 Å². The Kier molecular flexibility index (Phi) is 3.84. The Morgan fingerprint density at radius 1 is 0.842 bits per heavy atom. The standard InChI is InChI=1S/C18H20O/c1-5-15-8-9-17(11-14(15)4)18(19)16-7-6-12(2)13(3)10-16/h6-11H,5H2,1-4H3. The molecule has 0 bridgehead atoms. The highest BCUT2D eigenvalue weighted by atomic mass is 16.1. The predicted octanol–water partition coefficient (Wildman–Crippen LogP) is 4.41. The van der Waals surface area contributed by atoms with Crippen molar-refractivity contribution in [3.8, 4) is 0 Å². The van der Waals surface area contributed by atoms with Gasteiger partial charge < -0.3 is 0 Å². The van der Waals surface area contributed by atoms with Crippen molar-refractivity contribution in [2.45, 2.75) is 34.1 Å². The lowest BCUT2D eigenvalue weighted by atomic mass is 9.96. The van der Waals surface area contributed by atoms with Gasteiger partial charge in [-0.25, -0.2) is 0 Å². The molecule has 98 valence electrons. The molecule has 2 aromatic rings. The van der Waals surface area contributed by atoms with E-state index in [0.29, 0.717) is 0 Å². The maximum atomic E-state index is 12.5. The molecule has 0 N–H and O–H groups in total. The Hall–Kier alpha value is -1.89. The highest BCUT2D eigenvalue weighted by molar-refractivity contribution is 6.09. The van der Waals surface area contributed by atoms with Crippen molar-refractivity contribution < 1.29 is 4.79 Å². The number of hydrogen-bond acceptors (Lipinski definition) is 1. The number of ketones is 1. The van der Waals surface area contributed by atoms with Gasteiger partial charge in [0.05, 0.1) is 0 Å². The summed E-state index contributed by atoms with van der Waals surface area (Å²) in [5.74, 6) is 0.105. The van der Waals surface area contributed by atoms with Gasteiger partial charge in [0.25, 0.3) is 0 Å². The molecule has 0 unspecified atom stereocenters. The van der Waals surface area contributed by atoms with Crippen LogP contribution in [0.25, 0.3) is 0 Å². The fourth-order valence-electron chi connectivity index (χ4n) is 2.28. The van der Waals surface area contributed by atoms with Crippen molar-refractivity contribution >= 4 is 5.78 Å². The molecule has 0 amide bonds. The van der Waals surface area contributed by atoms with Gasteiger partial charge in [0.2, 0.25) is 0 Å². The third-order valence-electron chi connectivity index (χ3n) is 3.75. The minimum atomic E-state index is 0.105. The molecule has 1 nitrogen and oxygen atoms in total. The van der Waals surface area contributed by atoms with Gasteiger partial charge >= 0.3 is 0 Å². The van der Waals surface area contributed by atoms with Crippen molar-refractivity contribution in [3.05, 3.63) is 69.8 Å². The Bertz CT molecular complexity index is 624. The molecule has 0 fully saturated rings. The number of benzene rings is 2. The molecule has 0 saturated heterocycles. The van der Waals surface area contributed by atoms with Crippen LogP contribution in [0, 0.1) is 20.8 Å². The molecule has 0 aliphatic heterocycles. The van der Waals surface area contributed by atoms with Crippen molar-refractivity contribution in [3.63, 3.8) is 0 Å². The maximum absolute atomic E-state index is 12.5. The molecule has 19 heavy (non-hydrogen) atoms. The predicted molar refractivity (Wildman–Crippen MR) is 79.9 cm³/mol. The van der Waals surface area contributed by atoms with Gasteiger partial charge in [-0.15, -0.1) is 0 Å². The molecule has 1 heteroatoms. The summed E-state index contributed by atoms with van der Waals surface area (Å²) in [5.41, 5.74) is 6.42. The minimum absolute atomic E-state index is 0.105. The first kappa shape index (κ1) is 13.5. The zero-order valence-electron chi connectivity index (χ0n) is 12.1. The van der Waals surface area contributed by atoms with E-state index in [0.717, 1.165) is 23.1 Å².